The van der Waals surface area contributed by atoms with E-state index in [9.17, 15) is 37.1 Å². The summed E-state index contributed by atoms with van der Waals surface area (Å²) in [5.41, 5.74) is -1.18. The highest BCUT2D eigenvalue weighted by Gasteiger charge is 2.61. The molecule has 1 unspecified atom stereocenters. The van der Waals surface area contributed by atoms with Crippen LogP contribution in [0.25, 0.3) is 0 Å². The molecular formula is C23H23ClF4N4O4. The number of rotatable bonds is 7. The molecule has 1 aliphatic carbocycles. The maximum Gasteiger partial charge on any atom is 0.272 e. The van der Waals surface area contributed by atoms with Crippen molar-refractivity contribution in [1.29, 1.82) is 0 Å². The van der Waals surface area contributed by atoms with Gasteiger partial charge < -0.3 is 20.3 Å². The molecule has 0 radical (unpaired) electrons. The average Bonchev–Trinajstić information content (AvgIpc) is 3.34. The molecule has 4 rings (SSSR count). The van der Waals surface area contributed by atoms with Gasteiger partial charge in [-0.15, -0.1) is 0 Å². The minimum absolute atomic E-state index is 0.0270. The van der Waals surface area contributed by atoms with Crippen LogP contribution >= 0.6 is 11.6 Å². The number of hydrogen-bond acceptors (Lipinski definition) is 5. The fourth-order valence-corrected chi connectivity index (χ4v) is 5.23. The second-order valence-electron chi connectivity index (χ2n) is 9.04. The van der Waals surface area contributed by atoms with E-state index in [-0.39, 0.29) is 22.5 Å². The molecule has 13 heteroatoms. The molecule has 1 saturated carbocycles. The Kier molecular flexibility index (Phi) is 6.65. The number of halogens is 5. The first-order valence-electron chi connectivity index (χ1n) is 11.1. The molecule has 2 aliphatic rings. The van der Waals surface area contributed by atoms with E-state index >= 15 is 0 Å². The number of carbonyl (C=O) groups excluding carboxylic acids is 3. The number of carbonyl (C=O) groups is 3. The Balaban J connectivity index is 1.62. The summed E-state index contributed by atoms with van der Waals surface area (Å²) in [4.78, 5) is 38.6. The number of likely N-dealkylation sites (N-methyl/N-ethyl adjacent to an activating group) is 1. The molecule has 4 N–H and O–H groups in total. The third kappa shape index (κ3) is 4.37. The molecule has 194 valence electrons. The predicted octanol–water partition coefficient (Wildman–Crippen LogP) is 2.93. The monoisotopic (exact) mass is 530 g/mol. The zero-order valence-corrected chi connectivity index (χ0v) is 20.0. The van der Waals surface area contributed by atoms with Gasteiger partial charge in [-0.2, -0.15) is 0 Å². The van der Waals surface area contributed by atoms with Crippen LogP contribution in [-0.2, 0) is 17.8 Å². The maximum absolute atomic E-state index is 13.7. The first-order valence-corrected chi connectivity index (χ1v) is 11.5. The number of amides is 2. The van der Waals surface area contributed by atoms with E-state index < -0.39 is 64.8 Å². The number of fused-ring (bicyclic) bond motifs is 1. The summed E-state index contributed by atoms with van der Waals surface area (Å²) in [6.07, 6.45) is -2.78. The fraction of sp³-hybridized carbons (Fsp3) is 0.435. The van der Waals surface area contributed by atoms with Gasteiger partial charge >= 0.3 is 0 Å². The van der Waals surface area contributed by atoms with Gasteiger partial charge in [-0.1, -0.05) is 11.6 Å². The Morgan fingerprint density at radius 3 is 2.44 bits per heavy atom. The lowest BCUT2D eigenvalue weighted by Crippen LogP contribution is -2.70. The zero-order chi connectivity index (χ0) is 26.6. The number of nitrogens with zero attached hydrogens (tertiary/aromatic N) is 1. The molecule has 1 aliphatic heterocycles. The second-order valence-corrected chi connectivity index (χ2v) is 9.45. The van der Waals surface area contributed by atoms with E-state index in [0.717, 1.165) is 12.1 Å². The summed E-state index contributed by atoms with van der Waals surface area (Å²) in [6.45, 7) is 1.85. The highest BCUT2D eigenvalue weighted by molar-refractivity contribution is 6.31. The van der Waals surface area contributed by atoms with Crippen molar-refractivity contribution in [2.45, 2.75) is 56.8 Å². The number of aliphatic hydroxyl groups excluding tert-OH is 1. The van der Waals surface area contributed by atoms with E-state index in [1.54, 1.807) is 4.57 Å². The van der Waals surface area contributed by atoms with Gasteiger partial charge in [0, 0.05) is 49.4 Å². The number of benzene rings is 1. The van der Waals surface area contributed by atoms with Crippen molar-refractivity contribution in [1.82, 2.24) is 15.2 Å². The zero-order valence-electron chi connectivity index (χ0n) is 19.3. The van der Waals surface area contributed by atoms with Crippen LogP contribution in [0.1, 0.15) is 51.4 Å². The van der Waals surface area contributed by atoms with E-state index in [2.05, 4.69) is 16.0 Å². The average molecular weight is 531 g/mol. The highest BCUT2D eigenvalue weighted by Crippen LogP contribution is 2.46. The molecule has 1 atom stereocenters. The topological polar surface area (TPSA) is 112 Å². The summed E-state index contributed by atoms with van der Waals surface area (Å²) in [7, 11) is 1.26. The molecular weight excluding hydrogens is 508 g/mol. The Hall–Kier alpha value is -2.96. The first-order chi connectivity index (χ1) is 16.8. The molecule has 0 spiro atoms. The number of aliphatic hydroxyl groups is 1. The number of aromatic nitrogens is 1. The van der Waals surface area contributed by atoms with Crippen molar-refractivity contribution < 1.29 is 37.1 Å². The van der Waals surface area contributed by atoms with E-state index in [4.69, 9.17) is 11.6 Å². The number of Topliss-reactive ketones (excluding diaryl/α,β-unsaturated/α-hetero) is 1. The Morgan fingerprint density at radius 2 is 1.86 bits per heavy atom. The smallest absolute Gasteiger partial charge is 0.272 e. The second kappa shape index (κ2) is 9.16. The number of hydrogen-bond donors (Lipinski definition) is 4. The van der Waals surface area contributed by atoms with Gasteiger partial charge in [0.05, 0.1) is 5.02 Å². The minimum Gasteiger partial charge on any atom is -0.371 e. The van der Waals surface area contributed by atoms with Crippen LogP contribution in [0.4, 0.5) is 23.2 Å². The number of anilines is 1. The van der Waals surface area contributed by atoms with Crippen LogP contribution in [0.15, 0.2) is 12.1 Å². The number of alkyl halides is 2. The van der Waals surface area contributed by atoms with Crippen molar-refractivity contribution in [2.24, 2.45) is 0 Å². The number of nitrogens with one attached hydrogen (secondary N) is 3. The lowest BCUT2D eigenvalue weighted by molar-refractivity contribution is -0.166. The van der Waals surface area contributed by atoms with E-state index in [1.807, 2.05) is 0 Å². The molecule has 0 saturated heterocycles. The normalized spacial score (nSPS) is 18.2. The van der Waals surface area contributed by atoms with Gasteiger partial charge in [0.25, 0.3) is 11.8 Å². The first kappa shape index (κ1) is 26.1. The standard InChI is InChI=1S/C23H23ClF4N4O4/c1-10-15(18(33)20(35)31-22(21(36)29-2)8-23(27,28)9-22)14-4-3-5-32(14)17(10)19(34)30-11-6-12(24)16(26)13(25)7-11/h6-7,20,31,35H,3-5,8-9H2,1-2H3,(H,29,36)(H,30,34). The molecule has 0 bridgehead atoms. The molecule has 2 amide bonds. The predicted molar refractivity (Wildman–Crippen MR) is 121 cm³/mol. The summed E-state index contributed by atoms with van der Waals surface area (Å²) >= 11 is 5.65. The van der Waals surface area contributed by atoms with Gasteiger partial charge in [0.1, 0.15) is 11.2 Å². The van der Waals surface area contributed by atoms with Gasteiger partial charge in [-0.05, 0) is 31.4 Å². The Labute approximate surface area is 208 Å². The van der Waals surface area contributed by atoms with Gasteiger partial charge in [-0.25, -0.2) is 17.6 Å². The molecule has 8 nitrogen and oxygen atoms in total. The summed E-state index contributed by atoms with van der Waals surface area (Å²) in [6, 6.07) is 1.79. The lowest BCUT2D eigenvalue weighted by Gasteiger charge is -2.46. The summed E-state index contributed by atoms with van der Waals surface area (Å²) in [5.74, 6) is -8.03. The maximum atomic E-state index is 13.7. The molecule has 2 aromatic rings. The van der Waals surface area contributed by atoms with E-state index in [1.165, 1.54) is 14.0 Å². The third-order valence-corrected chi connectivity index (χ3v) is 6.83. The van der Waals surface area contributed by atoms with Crippen LogP contribution in [0.5, 0.6) is 0 Å². The van der Waals surface area contributed by atoms with Gasteiger partial charge in [0.15, 0.2) is 17.9 Å². The van der Waals surface area contributed by atoms with Crippen molar-refractivity contribution in [2.75, 3.05) is 12.4 Å². The van der Waals surface area contributed by atoms with Gasteiger partial charge in [-0.3, -0.25) is 19.7 Å². The molecule has 36 heavy (non-hydrogen) atoms. The quantitative estimate of drug-likeness (QED) is 0.190. The van der Waals surface area contributed by atoms with Crippen LogP contribution in [0.2, 0.25) is 5.02 Å². The van der Waals surface area contributed by atoms with Crippen molar-refractivity contribution in [3.05, 3.63) is 51.3 Å². The Bertz CT molecular complexity index is 1250. The molecule has 1 fully saturated rings. The lowest BCUT2D eigenvalue weighted by atomic mass is 9.72. The minimum atomic E-state index is -3.12. The van der Waals surface area contributed by atoms with Crippen LogP contribution in [0.3, 0.4) is 0 Å². The van der Waals surface area contributed by atoms with Crippen molar-refractivity contribution in [3.8, 4) is 0 Å². The van der Waals surface area contributed by atoms with Crippen LogP contribution in [-0.4, -0.2) is 52.0 Å². The fourth-order valence-electron chi connectivity index (χ4n) is 5.02. The molecule has 1 aromatic carbocycles. The van der Waals surface area contributed by atoms with E-state index in [0.29, 0.717) is 25.1 Å². The van der Waals surface area contributed by atoms with Crippen LogP contribution in [0, 0.1) is 18.6 Å². The van der Waals surface area contributed by atoms with Gasteiger partial charge in [0.2, 0.25) is 11.7 Å². The van der Waals surface area contributed by atoms with Crippen molar-refractivity contribution in [3.63, 3.8) is 0 Å². The molecule has 2 heterocycles. The highest BCUT2D eigenvalue weighted by atomic mass is 35.5. The van der Waals surface area contributed by atoms with Crippen LogP contribution < -0.4 is 16.0 Å². The summed E-state index contributed by atoms with van der Waals surface area (Å²) in [5, 5.41) is 17.2. The summed E-state index contributed by atoms with van der Waals surface area (Å²) < 4.78 is 56.0. The Morgan fingerprint density at radius 1 is 1.19 bits per heavy atom. The third-order valence-electron chi connectivity index (χ3n) is 6.56. The number of ketones is 1. The molecule has 1 aromatic heterocycles. The largest absolute Gasteiger partial charge is 0.371 e. The SMILES string of the molecule is CNC(=O)C1(NC(O)C(=O)c2c(C)c(C(=O)Nc3cc(F)c(F)c(Cl)c3)n3c2CCC3)CC(F)(F)C1. The van der Waals surface area contributed by atoms with Crippen molar-refractivity contribution >= 4 is 34.9 Å².